The Morgan fingerprint density at radius 2 is 2.06 bits per heavy atom. The van der Waals surface area contributed by atoms with E-state index < -0.39 is 10.0 Å². The van der Waals surface area contributed by atoms with E-state index in [0.29, 0.717) is 17.6 Å². The fourth-order valence-corrected chi connectivity index (χ4v) is 1.95. The minimum atomic E-state index is -3.47. The number of nitrogens with two attached hydrogens (primary N) is 2. The van der Waals surface area contributed by atoms with Gasteiger partial charge in [0, 0.05) is 18.0 Å². The van der Waals surface area contributed by atoms with Crippen molar-refractivity contribution in [3.8, 4) is 0 Å². The van der Waals surface area contributed by atoms with Crippen LogP contribution in [0, 0.1) is 6.92 Å². The second kappa shape index (κ2) is 4.69. The summed E-state index contributed by atoms with van der Waals surface area (Å²) in [5.41, 5.74) is 6.54. The summed E-state index contributed by atoms with van der Waals surface area (Å²) in [6.45, 7) is 2.01. The van der Waals surface area contributed by atoms with Crippen LogP contribution in [0.3, 0.4) is 0 Å². The molecular formula is C10H17N5O2S. The third kappa shape index (κ3) is 3.30. The normalized spacial score (nSPS) is 15.7. The zero-order valence-corrected chi connectivity index (χ0v) is 11.0. The van der Waals surface area contributed by atoms with E-state index in [1.807, 2.05) is 0 Å². The Morgan fingerprint density at radius 3 is 2.61 bits per heavy atom. The molecule has 100 valence electrons. The van der Waals surface area contributed by atoms with Crippen molar-refractivity contribution in [2.45, 2.75) is 25.7 Å². The predicted molar refractivity (Wildman–Crippen MR) is 69.6 cm³/mol. The SMILES string of the molecule is Cc1c(N)nc(C2CC2)nc1NCCS(N)(=O)=O. The van der Waals surface area contributed by atoms with Gasteiger partial charge in [-0.25, -0.2) is 23.5 Å². The van der Waals surface area contributed by atoms with Crippen LogP contribution in [-0.4, -0.2) is 30.7 Å². The second-order valence-corrected chi connectivity index (χ2v) is 6.24. The first-order valence-corrected chi connectivity index (χ1v) is 7.46. The van der Waals surface area contributed by atoms with E-state index in [-0.39, 0.29) is 12.3 Å². The van der Waals surface area contributed by atoms with Crippen LogP contribution >= 0.6 is 0 Å². The lowest BCUT2D eigenvalue weighted by Crippen LogP contribution is -2.23. The van der Waals surface area contributed by atoms with Crippen molar-refractivity contribution in [2.24, 2.45) is 5.14 Å². The molecule has 8 heteroatoms. The van der Waals surface area contributed by atoms with Crippen LogP contribution in [0.15, 0.2) is 0 Å². The Morgan fingerprint density at radius 1 is 1.39 bits per heavy atom. The third-order valence-electron chi connectivity index (χ3n) is 2.82. The fourth-order valence-electron chi connectivity index (χ4n) is 1.56. The van der Waals surface area contributed by atoms with Gasteiger partial charge in [0.1, 0.15) is 17.5 Å². The Kier molecular flexibility index (Phi) is 3.40. The summed E-state index contributed by atoms with van der Waals surface area (Å²) in [4.78, 5) is 8.61. The van der Waals surface area contributed by atoms with Crippen molar-refractivity contribution < 1.29 is 8.42 Å². The molecule has 7 nitrogen and oxygen atoms in total. The topological polar surface area (TPSA) is 124 Å². The van der Waals surface area contributed by atoms with Crippen molar-refractivity contribution in [3.63, 3.8) is 0 Å². The van der Waals surface area contributed by atoms with Gasteiger partial charge < -0.3 is 11.1 Å². The van der Waals surface area contributed by atoms with Crippen molar-refractivity contribution in [3.05, 3.63) is 11.4 Å². The monoisotopic (exact) mass is 271 g/mol. The van der Waals surface area contributed by atoms with E-state index in [4.69, 9.17) is 10.9 Å². The second-order valence-electron chi connectivity index (χ2n) is 4.51. The number of primary sulfonamides is 1. The summed E-state index contributed by atoms with van der Waals surface area (Å²) in [5, 5.41) is 7.87. The van der Waals surface area contributed by atoms with Gasteiger partial charge in [-0.1, -0.05) is 0 Å². The molecule has 0 saturated heterocycles. The molecule has 0 unspecified atom stereocenters. The molecule has 1 aromatic rings. The highest BCUT2D eigenvalue weighted by Gasteiger charge is 2.27. The number of nitrogens with zero attached hydrogens (tertiary/aromatic N) is 2. The summed E-state index contributed by atoms with van der Waals surface area (Å²) < 4.78 is 21.7. The average Bonchev–Trinajstić information content (AvgIpc) is 3.05. The van der Waals surface area contributed by atoms with E-state index in [0.717, 1.165) is 24.2 Å². The van der Waals surface area contributed by atoms with Gasteiger partial charge in [0.25, 0.3) is 0 Å². The van der Waals surface area contributed by atoms with Crippen LogP contribution in [0.1, 0.15) is 30.1 Å². The van der Waals surface area contributed by atoms with Crippen LogP contribution in [0.4, 0.5) is 11.6 Å². The summed E-state index contributed by atoms with van der Waals surface area (Å²) in [6, 6.07) is 0. The molecular weight excluding hydrogens is 254 g/mol. The number of hydrogen-bond donors (Lipinski definition) is 3. The molecule has 1 heterocycles. The number of hydrogen-bond acceptors (Lipinski definition) is 6. The number of nitrogens with one attached hydrogen (secondary N) is 1. The number of aromatic nitrogens is 2. The fraction of sp³-hybridized carbons (Fsp3) is 0.600. The summed E-state index contributed by atoms with van der Waals surface area (Å²) in [7, 11) is -3.47. The number of nitrogen functional groups attached to an aromatic ring is 1. The molecule has 1 aliphatic carbocycles. The van der Waals surface area contributed by atoms with Crippen LogP contribution in [0.2, 0.25) is 0 Å². The Labute approximate surface area is 106 Å². The van der Waals surface area contributed by atoms with Crippen LogP contribution in [0.5, 0.6) is 0 Å². The minimum absolute atomic E-state index is 0.144. The van der Waals surface area contributed by atoms with E-state index in [1.54, 1.807) is 6.92 Å². The molecule has 0 atom stereocenters. The average molecular weight is 271 g/mol. The Balaban J connectivity index is 2.11. The molecule has 1 fully saturated rings. The van der Waals surface area contributed by atoms with Gasteiger partial charge in [-0.2, -0.15) is 0 Å². The first-order chi connectivity index (χ1) is 8.37. The molecule has 18 heavy (non-hydrogen) atoms. The summed E-state index contributed by atoms with van der Waals surface area (Å²) in [6.07, 6.45) is 2.16. The molecule has 2 rings (SSSR count). The zero-order chi connectivity index (χ0) is 13.3. The van der Waals surface area contributed by atoms with Crippen molar-refractivity contribution >= 4 is 21.7 Å². The van der Waals surface area contributed by atoms with Gasteiger partial charge in [-0.05, 0) is 19.8 Å². The lowest BCUT2D eigenvalue weighted by molar-refractivity contribution is 0.598. The first-order valence-electron chi connectivity index (χ1n) is 5.75. The van der Waals surface area contributed by atoms with Gasteiger partial charge >= 0.3 is 0 Å². The first kappa shape index (κ1) is 13.0. The standard InChI is InChI=1S/C10H17N5O2S/c1-6-8(11)14-10(7-2-3-7)15-9(6)13-4-5-18(12,16)17/h7H,2-5H2,1H3,(H2,12,16,17)(H3,11,13,14,15). The van der Waals surface area contributed by atoms with E-state index in [2.05, 4.69) is 15.3 Å². The van der Waals surface area contributed by atoms with Gasteiger partial charge in [-0.3, -0.25) is 0 Å². The molecule has 0 radical (unpaired) electrons. The highest BCUT2D eigenvalue weighted by atomic mass is 32.2. The van der Waals surface area contributed by atoms with E-state index in [1.165, 1.54) is 0 Å². The Bertz CT molecular complexity index is 554. The number of rotatable bonds is 5. The molecule has 1 saturated carbocycles. The minimum Gasteiger partial charge on any atom is -0.383 e. The quantitative estimate of drug-likeness (QED) is 0.689. The van der Waals surface area contributed by atoms with Crippen molar-refractivity contribution in [1.82, 2.24) is 9.97 Å². The highest BCUT2D eigenvalue weighted by Crippen LogP contribution is 2.39. The largest absolute Gasteiger partial charge is 0.383 e. The maximum atomic E-state index is 10.8. The molecule has 0 aromatic carbocycles. The summed E-state index contributed by atoms with van der Waals surface area (Å²) >= 11 is 0. The third-order valence-corrected chi connectivity index (χ3v) is 3.60. The highest BCUT2D eigenvalue weighted by molar-refractivity contribution is 7.89. The van der Waals surface area contributed by atoms with Gasteiger partial charge in [0.2, 0.25) is 10.0 Å². The van der Waals surface area contributed by atoms with Crippen molar-refractivity contribution in [1.29, 1.82) is 0 Å². The van der Waals surface area contributed by atoms with Crippen LogP contribution in [-0.2, 0) is 10.0 Å². The van der Waals surface area contributed by atoms with E-state index >= 15 is 0 Å². The predicted octanol–water partition coefficient (Wildman–Crippen LogP) is -0.0550. The Hall–Kier alpha value is -1.41. The van der Waals surface area contributed by atoms with Gasteiger partial charge in [-0.15, -0.1) is 0 Å². The molecule has 0 bridgehead atoms. The van der Waals surface area contributed by atoms with Gasteiger partial charge in [0.15, 0.2) is 0 Å². The van der Waals surface area contributed by atoms with Gasteiger partial charge in [0.05, 0.1) is 5.75 Å². The lowest BCUT2D eigenvalue weighted by atomic mass is 10.3. The molecule has 0 aliphatic heterocycles. The summed E-state index contributed by atoms with van der Waals surface area (Å²) in [5.74, 6) is 2.01. The van der Waals surface area contributed by atoms with Crippen LogP contribution < -0.4 is 16.2 Å². The lowest BCUT2D eigenvalue weighted by Gasteiger charge is -2.11. The number of anilines is 2. The number of sulfonamides is 1. The van der Waals surface area contributed by atoms with E-state index in [9.17, 15) is 8.42 Å². The maximum absolute atomic E-state index is 10.8. The van der Waals surface area contributed by atoms with Crippen molar-refractivity contribution in [2.75, 3.05) is 23.3 Å². The molecule has 0 amide bonds. The molecule has 0 spiro atoms. The van der Waals surface area contributed by atoms with Crippen LogP contribution in [0.25, 0.3) is 0 Å². The molecule has 1 aromatic heterocycles. The zero-order valence-electron chi connectivity index (χ0n) is 10.2. The molecule has 5 N–H and O–H groups in total. The smallest absolute Gasteiger partial charge is 0.210 e. The molecule has 1 aliphatic rings. The maximum Gasteiger partial charge on any atom is 0.210 e.